The number of hydrogen-bond donors (Lipinski definition) is 2. The number of carbonyl (C=O) groups is 4. The second kappa shape index (κ2) is 9.43. The van der Waals surface area contributed by atoms with E-state index in [1.54, 1.807) is 38.1 Å². The van der Waals surface area contributed by atoms with Gasteiger partial charge < -0.3 is 0 Å². The molecular weight excluding hydrogens is 617 g/mol. The molecule has 2 bridgehead atoms. The molecule has 3 aromatic rings. The van der Waals surface area contributed by atoms with E-state index in [0.717, 1.165) is 9.37 Å². The summed E-state index contributed by atoms with van der Waals surface area (Å²) in [6.07, 6.45) is 0. The van der Waals surface area contributed by atoms with Crippen LogP contribution >= 0.6 is 39.1 Å². The topological polar surface area (TPSA) is 95.6 Å². The monoisotopic (exact) mass is 639 g/mol. The number of hydrazine groups is 1. The molecule has 0 unspecified atom stereocenters. The minimum atomic E-state index is -1.34. The van der Waals surface area contributed by atoms with Crippen molar-refractivity contribution in [1.82, 2.24) is 15.8 Å². The third kappa shape index (κ3) is 3.55. The molecule has 2 N–H and O–H groups in total. The SMILES string of the molecule is CC(C)[C@@H](C(=O)NNC(=O)c1ccc(Br)cc1)N1C(=O)[C@@H]2[C@@H](C1=O)C1(Cl)c3ccccc3C2(Cl)c2ccccc21. The zero-order valence-electron chi connectivity index (χ0n) is 21.5. The number of likely N-dealkylation sites (tertiary alicyclic amines) is 1. The van der Waals surface area contributed by atoms with E-state index >= 15 is 0 Å². The van der Waals surface area contributed by atoms with Gasteiger partial charge in [0.1, 0.15) is 15.8 Å². The first-order chi connectivity index (χ1) is 19.0. The van der Waals surface area contributed by atoms with Crippen molar-refractivity contribution in [1.29, 1.82) is 0 Å². The molecular formula is C30H24BrCl2N3O4. The maximum atomic E-state index is 14.2. The van der Waals surface area contributed by atoms with Crippen LogP contribution in [-0.2, 0) is 24.1 Å². The zero-order valence-corrected chi connectivity index (χ0v) is 24.5. The first-order valence-corrected chi connectivity index (χ1v) is 14.4. The molecule has 0 spiro atoms. The van der Waals surface area contributed by atoms with Crippen molar-refractivity contribution in [2.24, 2.45) is 17.8 Å². The Morgan fingerprint density at radius 3 is 1.60 bits per heavy atom. The van der Waals surface area contributed by atoms with Crippen LogP contribution in [0.3, 0.4) is 0 Å². The Balaban J connectivity index is 1.37. The summed E-state index contributed by atoms with van der Waals surface area (Å²) in [5.74, 6) is -4.88. The van der Waals surface area contributed by atoms with E-state index < -0.39 is 57.2 Å². The molecule has 1 fully saturated rings. The van der Waals surface area contributed by atoms with Crippen LogP contribution in [0, 0.1) is 17.8 Å². The van der Waals surface area contributed by atoms with E-state index in [-0.39, 0.29) is 0 Å². The van der Waals surface area contributed by atoms with Gasteiger partial charge in [-0.1, -0.05) is 78.3 Å². The highest BCUT2D eigenvalue weighted by atomic mass is 79.9. The number of rotatable bonds is 4. The third-order valence-electron chi connectivity index (χ3n) is 8.20. The molecule has 40 heavy (non-hydrogen) atoms. The molecule has 0 saturated carbocycles. The van der Waals surface area contributed by atoms with Gasteiger partial charge in [0.05, 0.1) is 11.8 Å². The third-order valence-corrected chi connectivity index (χ3v) is 10.0. The largest absolute Gasteiger partial charge is 0.274 e. The summed E-state index contributed by atoms with van der Waals surface area (Å²) in [5.41, 5.74) is 7.85. The second-order valence-corrected chi connectivity index (χ2v) is 12.8. The van der Waals surface area contributed by atoms with E-state index in [1.807, 2.05) is 48.5 Å². The van der Waals surface area contributed by atoms with Gasteiger partial charge in [-0.05, 0) is 52.4 Å². The highest BCUT2D eigenvalue weighted by Crippen LogP contribution is 2.69. The smallest absolute Gasteiger partial charge is 0.269 e. The minimum Gasteiger partial charge on any atom is -0.274 e. The van der Waals surface area contributed by atoms with Gasteiger partial charge in [0.25, 0.3) is 11.8 Å². The number of carbonyl (C=O) groups excluding carboxylic acids is 4. The zero-order chi connectivity index (χ0) is 28.6. The molecule has 1 aliphatic heterocycles. The van der Waals surface area contributed by atoms with Crippen molar-refractivity contribution in [2.45, 2.75) is 29.6 Å². The average Bonchev–Trinajstić information content (AvgIpc) is 3.21. The molecule has 0 aromatic heterocycles. The van der Waals surface area contributed by atoms with E-state index in [2.05, 4.69) is 26.8 Å². The van der Waals surface area contributed by atoms with Crippen LogP contribution in [0.5, 0.6) is 0 Å². The van der Waals surface area contributed by atoms with Crippen molar-refractivity contribution < 1.29 is 19.2 Å². The van der Waals surface area contributed by atoms with Crippen molar-refractivity contribution in [3.63, 3.8) is 0 Å². The molecule has 4 amide bonds. The standard InChI is InChI=1S/C30H24BrCl2N3O4/c1-15(2)24(26(38)35-34-25(37)16-11-13-17(31)14-12-16)36-27(39)22-23(28(36)40)30(33)19-8-4-3-7-18(19)29(22,32)20-9-5-6-10-21(20)30/h3-15,22-24H,1-2H3,(H,34,37)(H,35,38)/t22-,23-,24-,29?,30?/m0/s1. The van der Waals surface area contributed by atoms with Gasteiger partial charge in [-0.25, -0.2) is 0 Å². The Morgan fingerprint density at radius 1 is 0.775 bits per heavy atom. The first kappa shape index (κ1) is 27.0. The lowest BCUT2D eigenvalue weighted by Gasteiger charge is -2.54. The van der Waals surface area contributed by atoms with Crippen LogP contribution in [0.1, 0.15) is 46.5 Å². The fourth-order valence-corrected chi connectivity index (χ4v) is 7.91. The summed E-state index contributed by atoms with van der Waals surface area (Å²) in [5, 5.41) is 0. The van der Waals surface area contributed by atoms with E-state index in [0.29, 0.717) is 27.8 Å². The quantitative estimate of drug-likeness (QED) is 0.243. The molecule has 3 atom stereocenters. The molecule has 1 saturated heterocycles. The maximum Gasteiger partial charge on any atom is 0.269 e. The molecule has 3 aromatic carbocycles. The van der Waals surface area contributed by atoms with E-state index in [4.69, 9.17) is 23.2 Å². The number of benzene rings is 3. The number of alkyl halides is 2. The average molecular weight is 641 g/mol. The lowest BCUT2D eigenvalue weighted by molar-refractivity contribution is -0.150. The Labute approximate surface area is 249 Å². The Bertz CT molecular complexity index is 1470. The number of amides is 4. The Hall–Kier alpha value is -3.20. The first-order valence-electron chi connectivity index (χ1n) is 12.8. The van der Waals surface area contributed by atoms with Crippen LogP contribution in [0.25, 0.3) is 0 Å². The fourth-order valence-electron chi connectivity index (χ4n) is 6.55. The van der Waals surface area contributed by atoms with Gasteiger partial charge in [0.15, 0.2) is 0 Å². The van der Waals surface area contributed by atoms with Gasteiger partial charge in [-0.2, -0.15) is 0 Å². The lowest BCUT2D eigenvalue weighted by atomic mass is 9.54. The predicted octanol–water partition coefficient (Wildman–Crippen LogP) is 4.83. The number of imide groups is 1. The number of nitrogens with one attached hydrogen (secondary N) is 2. The number of nitrogens with zero attached hydrogens (tertiary/aromatic N) is 1. The van der Waals surface area contributed by atoms with Crippen LogP contribution in [0.2, 0.25) is 0 Å². The summed E-state index contributed by atoms with van der Waals surface area (Å²) in [6, 6.07) is 20.1. The molecule has 4 aliphatic rings. The lowest BCUT2D eigenvalue weighted by Crippen LogP contribution is -2.57. The highest BCUT2D eigenvalue weighted by Gasteiger charge is 2.73. The van der Waals surface area contributed by atoms with Gasteiger partial charge >= 0.3 is 0 Å². The van der Waals surface area contributed by atoms with Crippen molar-refractivity contribution in [3.8, 4) is 0 Å². The van der Waals surface area contributed by atoms with Crippen LogP contribution in [0.15, 0.2) is 77.3 Å². The van der Waals surface area contributed by atoms with Crippen LogP contribution < -0.4 is 10.9 Å². The molecule has 7 rings (SSSR count). The summed E-state index contributed by atoms with van der Waals surface area (Å²) in [6.45, 7) is 3.46. The van der Waals surface area contributed by atoms with Gasteiger partial charge in [-0.15, -0.1) is 23.2 Å². The van der Waals surface area contributed by atoms with Crippen LogP contribution in [0.4, 0.5) is 0 Å². The second-order valence-electron chi connectivity index (χ2n) is 10.7. The molecule has 10 heteroatoms. The highest BCUT2D eigenvalue weighted by molar-refractivity contribution is 9.10. The fraction of sp³-hybridized carbons (Fsp3) is 0.267. The van der Waals surface area contributed by atoms with Gasteiger partial charge in [0, 0.05) is 10.0 Å². The summed E-state index contributed by atoms with van der Waals surface area (Å²) in [7, 11) is 0. The molecule has 1 heterocycles. The van der Waals surface area contributed by atoms with Crippen LogP contribution in [-0.4, -0.2) is 34.6 Å². The number of hydrogen-bond acceptors (Lipinski definition) is 4. The van der Waals surface area contributed by atoms with Gasteiger partial charge in [-0.3, -0.25) is 34.9 Å². The van der Waals surface area contributed by atoms with E-state index in [9.17, 15) is 19.2 Å². The van der Waals surface area contributed by atoms with Crippen molar-refractivity contribution in [2.75, 3.05) is 0 Å². The van der Waals surface area contributed by atoms with Crippen molar-refractivity contribution in [3.05, 3.63) is 105 Å². The van der Waals surface area contributed by atoms with Gasteiger partial charge in [0.2, 0.25) is 11.8 Å². The molecule has 7 nitrogen and oxygen atoms in total. The Morgan fingerprint density at radius 2 is 1.20 bits per heavy atom. The van der Waals surface area contributed by atoms with E-state index in [1.165, 1.54) is 0 Å². The summed E-state index contributed by atoms with van der Waals surface area (Å²) < 4.78 is 0.799. The molecule has 0 radical (unpaired) electrons. The summed E-state index contributed by atoms with van der Waals surface area (Å²) >= 11 is 18.3. The number of halogens is 3. The van der Waals surface area contributed by atoms with Crippen molar-refractivity contribution >= 4 is 62.8 Å². The Kier molecular flexibility index (Phi) is 6.36. The minimum absolute atomic E-state index is 0.323. The predicted molar refractivity (Wildman–Crippen MR) is 153 cm³/mol. The maximum absolute atomic E-state index is 14.2. The normalized spacial score (nSPS) is 26.7. The summed E-state index contributed by atoms with van der Waals surface area (Å²) in [4.78, 5) is 52.9. The molecule has 3 aliphatic carbocycles. The molecule has 204 valence electrons.